The van der Waals surface area contributed by atoms with Crippen molar-refractivity contribution in [3.63, 3.8) is 0 Å². The highest BCUT2D eigenvalue weighted by atomic mass is 35.5. The predicted octanol–water partition coefficient (Wildman–Crippen LogP) is 3.33. The fourth-order valence-corrected chi connectivity index (χ4v) is 5.70. The first-order chi connectivity index (χ1) is 18.4. The third-order valence-corrected chi connectivity index (χ3v) is 7.78. The molecule has 3 fully saturated rings. The highest BCUT2D eigenvalue weighted by Crippen LogP contribution is 2.36. The van der Waals surface area contributed by atoms with Crippen molar-refractivity contribution in [2.75, 3.05) is 37.7 Å². The molecule has 5 nitrogen and oxygen atoms in total. The minimum absolute atomic E-state index is 0. The van der Waals surface area contributed by atoms with Gasteiger partial charge in [0, 0.05) is 25.2 Å². The smallest absolute Gasteiger partial charge is 0.415 e. The maximum atomic E-state index is 14.7. The Morgan fingerprint density at radius 1 is 0.897 bits per heavy atom. The second-order valence-electron chi connectivity index (χ2n) is 10.3. The number of fused-ring (bicyclic) bond motifs is 3. The van der Waals surface area contributed by atoms with Gasteiger partial charge in [-0.1, -0.05) is 36.4 Å². The van der Waals surface area contributed by atoms with Crippen LogP contribution < -0.4 is 22.0 Å². The molecule has 1 atom stereocenters. The summed E-state index contributed by atoms with van der Waals surface area (Å²) in [6, 6.07) is 18.2. The molecule has 0 saturated carbocycles. The number of hydrogen-bond donors (Lipinski definition) is 0. The minimum atomic E-state index is -0.612. The SMILES string of the molecule is O=C(O[C@H]1C[N+]2(CCCOc3ccccc3F)CCC1CC2)N(Cc1ccc(F)cc1)c1ccccc1F.[Cl-]. The van der Waals surface area contributed by atoms with Gasteiger partial charge in [0.25, 0.3) is 0 Å². The number of anilines is 1. The van der Waals surface area contributed by atoms with E-state index in [0.717, 1.165) is 43.4 Å². The molecule has 6 rings (SSSR count). The Labute approximate surface area is 233 Å². The van der Waals surface area contributed by atoms with Gasteiger partial charge in [0.2, 0.25) is 0 Å². The first-order valence-electron chi connectivity index (χ1n) is 13.1. The Bertz CT molecular complexity index is 1250. The minimum Gasteiger partial charge on any atom is -1.00 e. The summed E-state index contributed by atoms with van der Waals surface area (Å²) in [5, 5.41) is 0. The molecule has 39 heavy (non-hydrogen) atoms. The lowest BCUT2D eigenvalue weighted by Gasteiger charge is -2.52. The normalized spacial score (nSPS) is 21.6. The van der Waals surface area contributed by atoms with Crippen LogP contribution in [0.15, 0.2) is 72.8 Å². The lowest BCUT2D eigenvalue weighted by atomic mass is 9.83. The predicted molar refractivity (Wildman–Crippen MR) is 138 cm³/mol. The van der Waals surface area contributed by atoms with Gasteiger partial charge in [-0.15, -0.1) is 0 Å². The van der Waals surface area contributed by atoms with E-state index >= 15 is 0 Å². The molecule has 3 aromatic carbocycles. The molecule has 3 aliphatic rings. The van der Waals surface area contributed by atoms with Gasteiger partial charge >= 0.3 is 6.09 Å². The molecular weight excluding hydrogens is 529 g/mol. The van der Waals surface area contributed by atoms with Gasteiger partial charge in [0.15, 0.2) is 17.7 Å². The molecule has 0 aromatic heterocycles. The largest absolute Gasteiger partial charge is 1.00 e. The van der Waals surface area contributed by atoms with E-state index < -0.39 is 11.9 Å². The zero-order chi connectivity index (χ0) is 26.5. The molecule has 3 saturated heterocycles. The maximum Gasteiger partial charge on any atom is 0.415 e. The van der Waals surface area contributed by atoms with Crippen LogP contribution in [-0.4, -0.2) is 49.5 Å². The van der Waals surface area contributed by atoms with Crippen LogP contribution in [0.5, 0.6) is 5.75 Å². The van der Waals surface area contributed by atoms with Crippen LogP contribution in [0.1, 0.15) is 24.8 Å². The number of carbonyl (C=O) groups excluding carboxylic acids is 1. The van der Waals surface area contributed by atoms with Gasteiger partial charge < -0.3 is 26.4 Å². The number of nitrogens with zero attached hydrogens (tertiary/aromatic N) is 2. The van der Waals surface area contributed by atoms with Crippen molar-refractivity contribution < 1.29 is 44.3 Å². The number of amides is 1. The molecule has 3 aliphatic heterocycles. The number of ether oxygens (including phenoxy) is 2. The highest BCUT2D eigenvalue weighted by molar-refractivity contribution is 5.87. The summed E-state index contributed by atoms with van der Waals surface area (Å²) in [5.41, 5.74) is 0.788. The first-order valence-corrected chi connectivity index (χ1v) is 13.1. The van der Waals surface area contributed by atoms with Crippen molar-refractivity contribution in [1.29, 1.82) is 0 Å². The van der Waals surface area contributed by atoms with Crippen molar-refractivity contribution >= 4 is 11.8 Å². The van der Waals surface area contributed by atoms with Gasteiger partial charge in [0.1, 0.15) is 18.2 Å². The quantitative estimate of drug-likeness (QED) is 0.298. The number of quaternary nitrogens is 1. The van der Waals surface area contributed by atoms with E-state index in [1.165, 1.54) is 29.2 Å². The highest BCUT2D eigenvalue weighted by Gasteiger charge is 2.47. The molecule has 0 N–H and O–H groups in total. The van der Waals surface area contributed by atoms with E-state index in [1.807, 2.05) is 0 Å². The van der Waals surface area contributed by atoms with Gasteiger partial charge in [0.05, 0.1) is 38.5 Å². The number of rotatable bonds is 9. The van der Waals surface area contributed by atoms with Crippen LogP contribution in [-0.2, 0) is 11.3 Å². The summed E-state index contributed by atoms with van der Waals surface area (Å²) in [4.78, 5) is 14.8. The molecular formula is C30H32ClF3N2O3. The van der Waals surface area contributed by atoms with Crippen LogP contribution >= 0.6 is 0 Å². The topological polar surface area (TPSA) is 38.8 Å². The third kappa shape index (κ3) is 6.86. The molecule has 208 valence electrons. The summed E-state index contributed by atoms with van der Waals surface area (Å²) in [6.45, 7) is 4.02. The molecule has 0 aliphatic carbocycles. The Morgan fingerprint density at radius 2 is 1.56 bits per heavy atom. The Kier molecular flexibility index (Phi) is 9.40. The van der Waals surface area contributed by atoms with Crippen molar-refractivity contribution in [1.82, 2.24) is 0 Å². The molecule has 2 bridgehead atoms. The number of para-hydroxylation sites is 2. The van der Waals surface area contributed by atoms with Gasteiger partial charge in [-0.25, -0.2) is 18.0 Å². The average molecular weight is 561 g/mol. The third-order valence-electron chi connectivity index (χ3n) is 7.78. The lowest BCUT2D eigenvalue weighted by Crippen LogP contribution is -3.00. The number of halogens is 4. The van der Waals surface area contributed by atoms with Crippen molar-refractivity contribution in [3.05, 3.63) is 95.8 Å². The monoisotopic (exact) mass is 560 g/mol. The summed E-state index contributed by atoms with van der Waals surface area (Å²) in [6.07, 6.45) is 1.76. The Balaban J connectivity index is 0.00000353. The van der Waals surface area contributed by atoms with Crippen LogP contribution in [0.2, 0.25) is 0 Å². The van der Waals surface area contributed by atoms with Crippen molar-refractivity contribution in [2.45, 2.75) is 31.9 Å². The number of benzene rings is 3. The Morgan fingerprint density at radius 3 is 2.26 bits per heavy atom. The van der Waals surface area contributed by atoms with E-state index in [2.05, 4.69) is 0 Å². The van der Waals surface area contributed by atoms with Gasteiger partial charge in [-0.2, -0.15) is 0 Å². The summed E-state index contributed by atoms with van der Waals surface area (Å²) >= 11 is 0. The van der Waals surface area contributed by atoms with Crippen molar-refractivity contribution in [2.24, 2.45) is 5.92 Å². The van der Waals surface area contributed by atoms with Gasteiger partial charge in [-0.05, 0) is 42.0 Å². The molecule has 3 heterocycles. The summed E-state index contributed by atoms with van der Waals surface area (Å²) < 4.78 is 54.5. The van der Waals surface area contributed by atoms with E-state index in [-0.39, 0.29) is 54.0 Å². The fraction of sp³-hybridized carbons (Fsp3) is 0.367. The summed E-state index contributed by atoms with van der Waals surface area (Å²) in [5.74, 6) is -0.758. The number of hydrogen-bond acceptors (Lipinski definition) is 3. The average Bonchev–Trinajstić information content (AvgIpc) is 2.93. The van der Waals surface area contributed by atoms with E-state index in [9.17, 15) is 18.0 Å². The second-order valence-corrected chi connectivity index (χ2v) is 10.3. The van der Waals surface area contributed by atoms with Crippen LogP contribution in [0.25, 0.3) is 0 Å². The number of piperidine rings is 3. The Hall–Kier alpha value is -3.23. The van der Waals surface area contributed by atoms with E-state index in [4.69, 9.17) is 9.47 Å². The van der Waals surface area contributed by atoms with E-state index in [1.54, 1.807) is 48.5 Å². The zero-order valence-electron chi connectivity index (χ0n) is 21.6. The maximum absolute atomic E-state index is 14.7. The second kappa shape index (κ2) is 12.7. The van der Waals surface area contributed by atoms with Crippen LogP contribution in [0.4, 0.5) is 23.7 Å². The molecule has 0 spiro atoms. The fourth-order valence-electron chi connectivity index (χ4n) is 5.70. The molecule has 3 aromatic rings. The zero-order valence-corrected chi connectivity index (χ0v) is 22.3. The summed E-state index contributed by atoms with van der Waals surface area (Å²) in [7, 11) is 0. The van der Waals surface area contributed by atoms with E-state index in [0.29, 0.717) is 18.7 Å². The van der Waals surface area contributed by atoms with Crippen LogP contribution in [0, 0.1) is 23.4 Å². The molecule has 1 amide bonds. The van der Waals surface area contributed by atoms with Gasteiger partial charge in [-0.3, -0.25) is 4.90 Å². The lowest BCUT2D eigenvalue weighted by molar-refractivity contribution is -0.946. The molecule has 0 unspecified atom stereocenters. The first kappa shape index (κ1) is 28.8. The number of carbonyl (C=O) groups is 1. The van der Waals surface area contributed by atoms with Crippen molar-refractivity contribution in [3.8, 4) is 5.75 Å². The molecule has 9 heteroatoms. The standard InChI is InChI=1S/C30H32F3N2O3.ClH/c31-24-12-10-22(11-13-24)20-34(27-8-3-1-6-25(27)32)30(36)38-29-21-35(17-14-23(29)15-18-35)16-5-19-37-28-9-4-2-7-26(28)33;/h1-4,6-13,23,29H,5,14-21H2;1H/q+1;/p-1/t23?,29-,35?;/m0./s1. The van der Waals surface area contributed by atoms with Crippen LogP contribution in [0.3, 0.4) is 0 Å². The molecule has 0 radical (unpaired) electrons.